The van der Waals surface area contributed by atoms with E-state index in [0.717, 1.165) is 16.3 Å². The van der Waals surface area contributed by atoms with E-state index >= 15 is 0 Å². The summed E-state index contributed by atoms with van der Waals surface area (Å²) in [5.41, 5.74) is 1.62. The van der Waals surface area contributed by atoms with Crippen LogP contribution in [-0.4, -0.2) is 32.2 Å². The molecule has 0 fully saturated rings. The summed E-state index contributed by atoms with van der Waals surface area (Å²) in [7, 11) is 4.64. The Morgan fingerprint density at radius 1 is 1.21 bits per heavy atom. The molecule has 1 amide bonds. The quantitative estimate of drug-likeness (QED) is 0.779. The third-order valence-corrected chi connectivity index (χ3v) is 4.05. The summed E-state index contributed by atoms with van der Waals surface area (Å²) in [6, 6.07) is 3.55. The number of carbonyl (C=O) groups is 1. The maximum Gasteiger partial charge on any atom is 0.244 e. The van der Waals surface area contributed by atoms with Crippen LogP contribution in [0.4, 0.5) is 0 Å². The van der Waals surface area contributed by atoms with Gasteiger partial charge in [0.15, 0.2) is 11.5 Å². The van der Waals surface area contributed by atoms with Gasteiger partial charge in [-0.1, -0.05) is 0 Å². The maximum absolute atomic E-state index is 11.9. The first-order chi connectivity index (χ1) is 11.6. The molecule has 7 heteroatoms. The van der Waals surface area contributed by atoms with E-state index in [0.29, 0.717) is 23.8 Å². The number of benzene rings is 1. The van der Waals surface area contributed by atoms with Crippen molar-refractivity contribution in [2.75, 3.05) is 21.3 Å². The van der Waals surface area contributed by atoms with E-state index in [1.165, 1.54) is 6.08 Å². The monoisotopic (exact) mass is 348 g/mol. The van der Waals surface area contributed by atoms with Gasteiger partial charge in [0.1, 0.15) is 0 Å². The summed E-state index contributed by atoms with van der Waals surface area (Å²) in [5, 5.41) is 5.70. The van der Waals surface area contributed by atoms with E-state index < -0.39 is 0 Å². The highest BCUT2D eigenvalue weighted by molar-refractivity contribution is 7.09. The second-order valence-electron chi connectivity index (χ2n) is 4.87. The van der Waals surface area contributed by atoms with E-state index in [9.17, 15) is 4.79 Å². The predicted molar refractivity (Wildman–Crippen MR) is 93.8 cm³/mol. The molecule has 0 saturated heterocycles. The van der Waals surface area contributed by atoms with Gasteiger partial charge in [-0.05, 0) is 30.7 Å². The van der Waals surface area contributed by atoms with Gasteiger partial charge in [0.2, 0.25) is 11.7 Å². The Morgan fingerprint density at radius 2 is 1.88 bits per heavy atom. The molecule has 2 aromatic rings. The molecule has 1 aromatic carbocycles. The fourth-order valence-electron chi connectivity index (χ4n) is 2.10. The summed E-state index contributed by atoms with van der Waals surface area (Å²) in [6.07, 6.45) is 3.14. The Hall–Kier alpha value is -2.54. The third kappa shape index (κ3) is 4.48. The fourth-order valence-corrected chi connectivity index (χ4v) is 2.71. The number of hydrogen-bond acceptors (Lipinski definition) is 6. The Kier molecular flexibility index (Phi) is 6.20. The molecule has 0 unspecified atom stereocenters. The highest BCUT2D eigenvalue weighted by Gasteiger charge is 2.12. The zero-order valence-corrected chi connectivity index (χ0v) is 14.9. The molecule has 0 spiro atoms. The number of methoxy groups -OCH3 is 3. The number of ether oxygens (including phenoxy) is 3. The number of nitrogens with zero attached hydrogens (tertiary/aromatic N) is 1. The zero-order chi connectivity index (χ0) is 17.5. The molecule has 2 rings (SSSR count). The van der Waals surface area contributed by atoms with Crippen molar-refractivity contribution < 1.29 is 19.0 Å². The van der Waals surface area contributed by atoms with Crippen LogP contribution in [0.2, 0.25) is 0 Å². The number of aromatic nitrogens is 1. The number of rotatable bonds is 7. The molecule has 128 valence electrons. The first kappa shape index (κ1) is 17.8. The fraction of sp³-hybridized carbons (Fsp3) is 0.294. The lowest BCUT2D eigenvalue weighted by Crippen LogP contribution is -2.20. The van der Waals surface area contributed by atoms with Crippen LogP contribution < -0.4 is 19.5 Å². The SMILES string of the molecule is COc1cc(/C=C/C(=O)NCc2csc(C)n2)cc(OC)c1OC. The van der Waals surface area contributed by atoms with Gasteiger partial charge in [0.05, 0.1) is 38.6 Å². The van der Waals surface area contributed by atoms with Crippen LogP contribution in [0, 0.1) is 6.92 Å². The highest BCUT2D eigenvalue weighted by atomic mass is 32.1. The van der Waals surface area contributed by atoms with E-state index in [2.05, 4.69) is 10.3 Å². The van der Waals surface area contributed by atoms with Crippen LogP contribution in [0.3, 0.4) is 0 Å². The van der Waals surface area contributed by atoms with Crippen molar-refractivity contribution in [3.05, 3.63) is 39.9 Å². The van der Waals surface area contributed by atoms with Crippen LogP contribution in [0.15, 0.2) is 23.6 Å². The molecule has 0 radical (unpaired) electrons. The van der Waals surface area contributed by atoms with Crippen molar-refractivity contribution in [2.24, 2.45) is 0 Å². The number of hydrogen-bond donors (Lipinski definition) is 1. The second kappa shape index (κ2) is 8.35. The highest BCUT2D eigenvalue weighted by Crippen LogP contribution is 2.38. The number of thiazole rings is 1. The van der Waals surface area contributed by atoms with Crippen LogP contribution in [0.25, 0.3) is 6.08 Å². The molecule has 1 aromatic heterocycles. The van der Waals surface area contributed by atoms with Crippen LogP contribution >= 0.6 is 11.3 Å². The minimum absolute atomic E-state index is 0.200. The third-order valence-electron chi connectivity index (χ3n) is 3.22. The van der Waals surface area contributed by atoms with E-state index in [-0.39, 0.29) is 5.91 Å². The van der Waals surface area contributed by atoms with Crippen LogP contribution in [0.5, 0.6) is 17.2 Å². The molecule has 24 heavy (non-hydrogen) atoms. The molecule has 0 bridgehead atoms. The topological polar surface area (TPSA) is 69.7 Å². The van der Waals surface area contributed by atoms with Gasteiger partial charge < -0.3 is 19.5 Å². The number of carbonyl (C=O) groups excluding carboxylic acids is 1. The Labute approximate surface area is 145 Å². The molecule has 0 saturated carbocycles. The van der Waals surface area contributed by atoms with Crippen LogP contribution in [0.1, 0.15) is 16.3 Å². The van der Waals surface area contributed by atoms with Gasteiger partial charge in [0.25, 0.3) is 0 Å². The first-order valence-electron chi connectivity index (χ1n) is 7.24. The number of aryl methyl sites for hydroxylation is 1. The first-order valence-corrected chi connectivity index (χ1v) is 8.12. The summed E-state index contributed by atoms with van der Waals surface area (Å²) < 4.78 is 15.8. The average molecular weight is 348 g/mol. The van der Waals surface area contributed by atoms with Crippen molar-refractivity contribution >= 4 is 23.3 Å². The minimum atomic E-state index is -0.200. The van der Waals surface area contributed by atoms with Gasteiger partial charge >= 0.3 is 0 Å². The number of amides is 1. The van der Waals surface area contributed by atoms with Gasteiger partial charge in [-0.3, -0.25) is 4.79 Å². The van der Waals surface area contributed by atoms with E-state index in [1.807, 2.05) is 12.3 Å². The summed E-state index contributed by atoms with van der Waals surface area (Å²) in [6.45, 7) is 2.34. The standard InChI is InChI=1S/C17H20N2O4S/c1-11-19-13(10-24-11)9-18-16(20)6-5-12-7-14(21-2)17(23-4)15(8-12)22-3/h5-8,10H,9H2,1-4H3,(H,18,20)/b6-5+. The Bertz CT molecular complexity index is 715. The largest absolute Gasteiger partial charge is 0.493 e. The van der Waals surface area contributed by atoms with Gasteiger partial charge in [-0.2, -0.15) is 0 Å². The van der Waals surface area contributed by atoms with E-state index in [4.69, 9.17) is 14.2 Å². The lowest BCUT2D eigenvalue weighted by molar-refractivity contribution is -0.116. The molecule has 0 atom stereocenters. The van der Waals surface area contributed by atoms with E-state index in [1.54, 1.807) is 50.9 Å². The summed E-state index contributed by atoms with van der Waals surface area (Å²) in [5.74, 6) is 1.39. The maximum atomic E-state index is 11.9. The molecule has 1 N–H and O–H groups in total. The average Bonchev–Trinajstić information content (AvgIpc) is 3.02. The Balaban J connectivity index is 2.06. The van der Waals surface area contributed by atoms with Crippen molar-refractivity contribution in [1.82, 2.24) is 10.3 Å². The summed E-state index contributed by atoms with van der Waals surface area (Å²) >= 11 is 1.56. The normalized spacial score (nSPS) is 10.7. The zero-order valence-electron chi connectivity index (χ0n) is 14.1. The summed E-state index contributed by atoms with van der Waals surface area (Å²) in [4.78, 5) is 16.2. The van der Waals surface area contributed by atoms with Gasteiger partial charge in [-0.25, -0.2) is 4.98 Å². The van der Waals surface area contributed by atoms with Crippen molar-refractivity contribution in [3.63, 3.8) is 0 Å². The van der Waals surface area contributed by atoms with Crippen LogP contribution in [-0.2, 0) is 11.3 Å². The molecule has 1 heterocycles. The lowest BCUT2D eigenvalue weighted by Gasteiger charge is -2.12. The second-order valence-corrected chi connectivity index (χ2v) is 5.93. The van der Waals surface area contributed by atoms with Gasteiger partial charge in [0, 0.05) is 11.5 Å². The lowest BCUT2D eigenvalue weighted by atomic mass is 10.1. The van der Waals surface area contributed by atoms with Gasteiger partial charge in [-0.15, -0.1) is 11.3 Å². The number of nitrogens with one attached hydrogen (secondary N) is 1. The molecular formula is C17H20N2O4S. The van der Waals surface area contributed by atoms with Crippen molar-refractivity contribution in [3.8, 4) is 17.2 Å². The molecule has 0 aliphatic heterocycles. The molecule has 0 aliphatic carbocycles. The smallest absolute Gasteiger partial charge is 0.244 e. The molecular weight excluding hydrogens is 328 g/mol. The Morgan fingerprint density at radius 3 is 2.38 bits per heavy atom. The predicted octanol–water partition coefficient (Wildman–Crippen LogP) is 2.81. The minimum Gasteiger partial charge on any atom is -0.493 e. The van der Waals surface area contributed by atoms with Crippen molar-refractivity contribution in [2.45, 2.75) is 13.5 Å². The van der Waals surface area contributed by atoms with Crippen molar-refractivity contribution in [1.29, 1.82) is 0 Å². The molecule has 0 aliphatic rings. The molecule has 6 nitrogen and oxygen atoms in total.